The van der Waals surface area contributed by atoms with Crippen molar-refractivity contribution in [1.82, 2.24) is 10.2 Å². The summed E-state index contributed by atoms with van der Waals surface area (Å²) in [5, 5.41) is 3.13. The number of halogens is 2. The highest BCUT2D eigenvalue weighted by atomic mass is 35.5. The molecule has 1 saturated heterocycles. The number of ether oxygens (including phenoxy) is 1. The van der Waals surface area contributed by atoms with Crippen molar-refractivity contribution in [2.75, 3.05) is 26.3 Å². The van der Waals surface area contributed by atoms with Gasteiger partial charge in [-0.2, -0.15) is 0 Å². The van der Waals surface area contributed by atoms with Gasteiger partial charge >= 0.3 is 0 Å². The molecule has 1 atom stereocenters. The molecule has 4 nitrogen and oxygen atoms in total. The molecule has 1 saturated carbocycles. The summed E-state index contributed by atoms with van der Waals surface area (Å²) < 4.78 is 4.25. The summed E-state index contributed by atoms with van der Waals surface area (Å²) in [5.74, 6) is -0.209. The first-order valence-electron chi connectivity index (χ1n) is 5.43. The van der Waals surface area contributed by atoms with Crippen LogP contribution in [0.5, 0.6) is 0 Å². The molecule has 1 N–H and O–H groups in total. The highest BCUT2D eigenvalue weighted by molar-refractivity contribution is 7.80. The van der Waals surface area contributed by atoms with Crippen LogP contribution in [-0.2, 0) is 9.53 Å². The molecule has 2 rings (SSSR count). The molecule has 1 aliphatic heterocycles. The van der Waals surface area contributed by atoms with Gasteiger partial charge in [-0.15, -0.1) is 23.2 Å². The number of nitrogens with zero attached hydrogens (tertiary/aromatic N) is 1. The van der Waals surface area contributed by atoms with E-state index >= 15 is 0 Å². The van der Waals surface area contributed by atoms with Crippen LogP contribution in [-0.4, -0.2) is 46.6 Å². The summed E-state index contributed by atoms with van der Waals surface area (Å²) in [5.41, 5.74) is -0.730. The molecule has 0 aromatic rings. The number of hydrogen-bond donors (Lipinski definition) is 1. The Kier molecular flexibility index (Phi) is 3.56. The van der Waals surface area contributed by atoms with Gasteiger partial charge in [0.15, 0.2) is 5.11 Å². The van der Waals surface area contributed by atoms with Crippen LogP contribution in [0.4, 0.5) is 0 Å². The van der Waals surface area contributed by atoms with Gasteiger partial charge in [-0.1, -0.05) is 0 Å². The molecule has 17 heavy (non-hydrogen) atoms. The van der Waals surface area contributed by atoms with Crippen molar-refractivity contribution in [3.8, 4) is 0 Å². The lowest BCUT2D eigenvalue weighted by Crippen LogP contribution is -2.49. The lowest BCUT2D eigenvalue weighted by Gasteiger charge is -2.29. The molecule has 0 bridgehead atoms. The minimum atomic E-state index is -0.961. The Morgan fingerprint density at radius 3 is 2.41 bits per heavy atom. The lowest BCUT2D eigenvalue weighted by atomic mass is 10.1. The quantitative estimate of drug-likeness (QED) is 0.585. The number of alkyl halides is 2. The van der Waals surface area contributed by atoms with E-state index in [4.69, 9.17) is 40.2 Å². The third-order valence-electron chi connectivity index (χ3n) is 3.28. The van der Waals surface area contributed by atoms with Crippen molar-refractivity contribution in [3.05, 3.63) is 0 Å². The monoisotopic (exact) mass is 296 g/mol. The number of amides is 1. The lowest BCUT2D eigenvalue weighted by molar-refractivity contribution is -0.124. The summed E-state index contributed by atoms with van der Waals surface area (Å²) in [4.78, 5) is 13.9. The van der Waals surface area contributed by atoms with Crippen molar-refractivity contribution in [2.45, 2.75) is 17.7 Å². The molecule has 1 unspecified atom stereocenters. The van der Waals surface area contributed by atoms with Gasteiger partial charge in [0.2, 0.25) is 5.91 Å². The van der Waals surface area contributed by atoms with Crippen LogP contribution in [0.2, 0.25) is 0 Å². The van der Waals surface area contributed by atoms with E-state index in [0.29, 0.717) is 37.8 Å². The fraction of sp³-hybridized carbons (Fsp3) is 0.800. The second kappa shape index (κ2) is 4.53. The number of carbonyl (C=O) groups is 1. The average Bonchev–Trinajstić information content (AvgIpc) is 2.81. The molecule has 2 aliphatic rings. The highest BCUT2D eigenvalue weighted by Gasteiger charge is 2.68. The third-order valence-corrected chi connectivity index (χ3v) is 4.74. The van der Waals surface area contributed by atoms with E-state index in [1.807, 2.05) is 4.90 Å². The van der Waals surface area contributed by atoms with E-state index in [-0.39, 0.29) is 5.91 Å². The molecule has 0 aromatic carbocycles. The van der Waals surface area contributed by atoms with Gasteiger partial charge in [0.25, 0.3) is 0 Å². The first-order valence-corrected chi connectivity index (χ1v) is 6.59. The topological polar surface area (TPSA) is 41.6 Å². The van der Waals surface area contributed by atoms with Crippen molar-refractivity contribution < 1.29 is 9.53 Å². The van der Waals surface area contributed by atoms with Gasteiger partial charge in [-0.25, -0.2) is 0 Å². The minimum Gasteiger partial charge on any atom is -0.378 e. The molecule has 96 valence electrons. The average molecular weight is 297 g/mol. The normalized spacial score (nSPS) is 30.9. The predicted molar refractivity (Wildman–Crippen MR) is 70.3 cm³/mol. The summed E-state index contributed by atoms with van der Waals surface area (Å²) in [6.45, 7) is 4.39. The Balaban J connectivity index is 1.89. The maximum absolute atomic E-state index is 12.0. The second-order valence-electron chi connectivity index (χ2n) is 4.57. The first kappa shape index (κ1) is 13.3. The molecule has 0 spiro atoms. The smallest absolute Gasteiger partial charge is 0.235 e. The van der Waals surface area contributed by atoms with Crippen LogP contribution in [0.3, 0.4) is 0 Å². The Bertz CT molecular complexity index is 358. The second-order valence-corrected chi connectivity index (χ2v) is 6.44. The zero-order valence-electron chi connectivity index (χ0n) is 9.46. The molecule has 1 heterocycles. The third kappa shape index (κ3) is 2.52. The van der Waals surface area contributed by atoms with Crippen LogP contribution in [0.1, 0.15) is 13.3 Å². The van der Waals surface area contributed by atoms with Crippen LogP contribution < -0.4 is 5.32 Å². The zero-order chi connectivity index (χ0) is 12.7. The number of rotatable bonds is 1. The van der Waals surface area contributed by atoms with Crippen molar-refractivity contribution in [2.24, 2.45) is 5.41 Å². The van der Waals surface area contributed by atoms with Gasteiger partial charge < -0.3 is 15.0 Å². The standard InChI is InChI=1S/C10H14Cl2N2O2S/c1-9(6-10(9,11)12)7(15)13-8(17)14-2-4-16-5-3-14/h2-6H2,1H3,(H,13,15,17). The molecule has 0 aromatic heterocycles. The fourth-order valence-corrected chi connectivity index (χ4v) is 2.71. The number of thiocarbonyl (C=S) groups is 1. The highest BCUT2D eigenvalue weighted by Crippen LogP contribution is 2.63. The number of morpholine rings is 1. The fourth-order valence-electron chi connectivity index (χ4n) is 1.73. The zero-order valence-corrected chi connectivity index (χ0v) is 11.8. The predicted octanol–water partition coefficient (Wildman–Crippen LogP) is 1.30. The summed E-state index contributed by atoms with van der Waals surface area (Å²) >= 11 is 17.1. The van der Waals surface area contributed by atoms with Crippen molar-refractivity contribution in [3.63, 3.8) is 0 Å². The van der Waals surface area contributed by atoms with Gasteiger partial charge in [0, 0.05) is 13.1 Å². The molecule has 2 fully saturated rings. The van der Waals surface area contributed by atoms with E-state index in [1.54, 1.807) is 6.92 Å². The molecule has 1 amide bonds. The number of hydrogen-bond acceptors (Lipinski definition) is 3. The van der Waals surface area contributed by atoms with Gasteiger partial charge in [-0.05, 0) is 25.6 Å². The maximum atomic E-state index is 12.0. The summed E-state index contributed by atoms with van der Waals surface area (Å²) in [6, 6.07) is 0. The Hall–Kier alpha value is -0.100. The molecular weight excluding hydrogens is 283 g/mol. The van der Waals surface area contributed by atoms with E-state index < -0.39 is 9.75 Å². The van der Waals surface area contributed by atoms with Crippen LogP contribution in [0.25, 0.3) is 0 Å². The molecular formula is C10H14Cl2N2O2S. The van der Waals surface area contributed by atoms with E-state index in [1.165, 1.54) is 0 Å². The summed E-state index contributed by atoms with van der Waals surface area (Å²) in [7, 11) is 0. The van der Waals surface area contributed by atoms with Crippen LogP contribution in [0, 0.1) is 5.41 Å². The number of carbonyl (C=O) groups excluding carboxylic acids is 1. The largest absolute Gasteiger partial charge is 0.378 e. The van der Waals surface area contributed by atoms with E-state index in [0.717, 1.165) is 0 Å². The van der Waals surface area contributed by atoms with E-state index in [9.17, 15) is 4.79 Å². The van der Waals surface area contributed by atoms with Crippen molar-refractivity contribution in [1.29, 1.82) is 0 Å². The number of nitrogens with one attached hydrogen (secondary N) is 1. The minimum absolute atomic E-state index is 0.209. The van der Waals surface area contributed by atoms with Crippen LogP contribution >= 0.6 is 35.4 Å². The van der Waals surface area contributed by atoms with Gasteiger partial charge in [0.1, 0.15) is 4.33 Å². The molecule has 0 radical (unpaired) electrons. The van der Waals surface area contributed by atoms with E-state index in [2.05, 4.69) is 5.32 Å². The molecule has 7 heteroatoms. The maximum Gasteiger partial charge on any atom is 0.235 e. The Labute approximate surface area is 116 Å². The van der Waals surface area contributed by atoms with Crippen molar-refractivity contribution >= 4 is 46.4 Å². The van der Waals surface area contributed by atoms with Gasteiger partial charge in [0.05, 0.1) is 18.6 Å². The first-order chi connectivity index (χ1) is 7.87. The Morgan fingerprint density at radius 1 is 1.41 bits per heavy atom. The van der Waals surface area contributed by atoms with Gasteiger partial charge in [-0.3, -0.25) is 4.79 Å². The Morgan fingerprint density at radius 2 is 1.94 bits per heavy atom. The summed E-state index contributed by atoms with van der Waals surface area (Å²) in [6.07, 6.45) is 0.459. The SMILES string of the molecule is CC1(C(=O)NC(=S)N2CCOCC2)CC1(Cl)Cl. The van der Waals surface area contributed by atoms with Crippen LogP contribution in [0.15, 0.2) is 0 Å². The molecule has 1 aliphatic carbocycles.